The summed E-state index contributed by atoms with van der Waals surface area (Å²) in [6.45, 7) is 1.63. The van der Waals surface area contributed by atoms with Crippen molar-refractivity contribution >= 4 is 11.9 Å². The van der Waals surface area contributed by atoms with Gasteiger partial charge in [0.15, 0.2) is 6.61 Å². The SMILES string of the molecule is COc1ccc(C(=O)OCC(=O)N[C@@H](C)c2ccc3c(c2)CCCC3)cc1. The van der Waals surface area contributed by atoms with Gasteiger partial charge in [-0.1, -0.05) is 18.2 Å². The van der Waals surface area contributed by atoms with Crippen LogP contribution in [0.2, 0.25) is 0 Å². The standard InChI is InChI=1S/C22H25NO4/c1-15(18-8-7-16-5-3-4-6-19(16)13-18)23-21(24)14-27-22(25)17-9-11-20(26-2)12-10-17/h7-13,15H,3-6,14H2,1-2H3,(H,23,24)/t15-/m0/s1. The van der Waals surface area contributed by atoms with E-state index in [2.05, 4.69) is 23.5 Å². The Hall–Kier alpha value is -2.82. The number of methoxy groups -OCH3 is 1. The van der Waals surface area contributed by atoms with Crippen molar-refractivity contribution in [2.75, 3.05) is 13.7 Å². The highest BCUT2D eigenvalue weighted by molar-refractivity contribution is 5.91. The third-order valence-electron chi connectivity index (χ3n) is 4.91. The lowest BCUT2D eigenvalue weighted by Crippen LogP contribution is -2.31. The summed E-state index contributed by atoms with van der Waals surface area (Å²) in [5.41, 5.74) is 4.25. The van der Waals surface area contributed by atoms with Gasteiger partial charge in [0.05, 0.1) is 18.7 Å². The van der Waals surface area contributed by atoms with Gasteiger partial charge in [0.2, 0.25) is 0 Å². The van der Waals surface area contributed by atoms with Gasteiger partial charge in [-0.2, -0.15) is 0 Å². The van der Waals surface area contributed by atoms with Gasteiger partial charge >= 0.3 is 5.97 Å². The van der Waals surface area contributed by atoms with Crippen LogP contribution < -0.4 is 10.1 Å². The minimum atomic E-state index is -0.533. The van der Waals surface area contributed by atoms with Crippen LogP contribution in [0.25, 0.3) is 0 Å². The van der Waals surface area contributed by atoms with E-state index >= 15 is 0 Å². The van der Waals surface area contributed by atoms with Crippen molar-refractivity contribution in [1.29, 1.82) is 0 Å². The van der Waals surface area contributed by atoms with Gasteiger partial charge in [-0.25, -0.2) is 4.79 Å². The zero-order chi connectivity index (χ0) is 19.2. The molecule has 1 aliphatic rings. The van der Waals surface area contributed by atoms with Crippen LogP contribution in [0.3, 0.4) is 0 Å². The molecule has 1 aliphatic carbocycles. The number of ether oxygens (including phenoxy) is 2. The van der Waals surface area contributed by atoms with Gasteiger partial charge in [0.25, 0.3) is 5.91 Å². The molecular formula is C22H25NO4. The maximum Gasteiger partial charge on any atom is 0.338 e. The average Bonchev–Trinajstić information content (AvgIpc) is 2.71. The smallest absolute Gasteiger partial charge is 0.338 e. The number of rotatable bonds is 6. The highest BCUT2D eigenvalue weighted by Gasteiger charge is 2.15. The van der Waals surface area contributed by atoms with Crippen molar-refractivity contribution in [3.05, 3.63) is 64.7 Å². The number of aryl methyl sites for hydroxylation is 2. The van der Waals surface area contributed by atoms with Crippen LogP contribution >= 0.6 is 0 Å². The molecule has 5 nitrogen and oxygen atoms in total. The number of fused-ring (bicyclic) bond motifs is 1. The van der Waals surface area contributed by atoms with Crippen LogP contribution in [0, 0.1) is 0 Å². The molecular weight excluding hydrogens is 342 g/mol. The molecule has 2 aromatic rings. The average molecular weight is 367 g/mol. The van der Waals surface area contributed by atoms with E-state index in [1.807, 2.05) is 6.92 Å². The molecule has 5 heteroatoms. The first-order valence-corrected chi connectivity index (χ1v) is 9.29. The second-order valence-corrected chi connectivity index (χ2v) is 6.83. The second kappa shape index (κ2) is 8.71. The third-order valence-corrected chi connectivity index (χ3v) is 4.91. The molecule has 0 saturated heterocycles. The van der Waals surface area contributed by atoms with Gasteiger partial charge in [-0.3, -0.25) is 4.79 Å². The zero-order valence-corrected chi connectivity index (χ0v) is 15.8. The molecule has 1 amide bonds. The minimum Gasteiger partial charge on any atom is -0.497 e. The summed E-state index contributed by atoms with van der Waals surface area (Å²) < 4.78 is 10.2. The molecule has 27 heavy (non-hydrogen) atoms. The maximum absolute atomic E-state index is 12.1. The monoisotopic (exact) mass is 367 g/mol. The van der Waals surface area contributed by atoms with E-state index in [0.29, 0.717) is 11.3 Å². The zero-order valence-electron chi connectivity index (χ0n) is 15.8. The Bertz CT molecular complexity index is 814. The molecule has 0 aromatic heterocycles. The predicted octanol–water partition coefficient (Wildman–Crippen LogP) is 3.61. The summed E-state index contributed by atoms with van der Waals surface area (Å²) >= 11 is 0. The van der Waals surface area contributed by atoms with Crippen molar-refractivity contribution in [2.24, 2.45) is 0 Å². The second-order valence-electron chi connectivity index (χ2n) is 6.83. The maximum atomic E-state index is 12.1. The number of benzene rings is 2. The van der Waals surface area contributed by atoms with Gasteiger partial charge < -0.3 is 14.8 Å². The lowest BCUT2D eigenvalue weighted by atomic mass is 9.89. The van der Waals surface area contributed by atoms with Crippen LogP contribution in [0.5, 0.6) is 5.75 Å². The van der Waals surface area contributed by atoms with Gasteiger partial charge in [0, 0.05) is 0 Å². The van der Waals surface area contributed by atoms with Crippen LogP contribution in [0.1, 0.15) is 52.9 Å². The van der Waals surface area contributed by atoms with Crippen molar-refractivity contribution in [3.8, 4) is 5.75 Å². The number of hydrogen-bond acceptors (Lipinski definition) is 4. The highest BCUT2D eigenvalue weighted by atomic mass is 16.5. The summed E-state index contributed by atoms with van der Waals surface area (Å²) in [4.78, 5) is 24.2. The molecule has 0 aliphatic heterocycles. The Balaban J connectivity index is 1.51. The topological polar surface area (TPSA) is 64.6 Å². The van der Waals surface area contributed by atoms with E-state index in [9.17, 15) is 9.59 Å². The van der Waals surface area contributed by atoms with E-state index < -0.39 is 5.97 Å². The summed E-state index contributed by atoms with van der Waals surface area (Å²) in [5, 5.41) is 2.89. The number of esters is 1. The van der Waals surface area contributed by atoms with Crippen molar-refractivity contribution < 1.29 is 19.1 Å². The fourth-order valence-corrected chi connectivity index (χ4v) is 3.33. The van der Waals surface area contributed by atoms with Crippen LogP contribution in [0.15, 0.2) is 42.5 Å². The molecule has 0 spiro atoms. The minimum absolute atomic E-state index is 0.135. The van der Waals surface area contributed by atoms with Crippen molar-refractivity contribution in [2.45, 2.75) is 38.6 Å². The molecule has 2 aromatic carbocycles. The highest BCUT2D eigenvalue weighted by Crippen LogP contribution is 2.24. The first-order valence-electron chi connectivity index (χ1n) is 9.29. The Labute approximate surface area is 159 Å². The fourth-order valence-electron chi connectivity index (χ4n) is 3.33. The van der Waals surface area contributed by atoms with Gasteiger partial charge in [-0.15, -0.1) is 0 Å². The molecule has 1 N–H and O–H groups in total. The summed E-state index contributed by atoms with van der Waals surface area (Å²) in [6, 6.07) is 12.8. The normalized spacial score (nSPS) is 14.0. The van der Waals surface area contributed by atoms with Crippen molar-refractivity contribution in [1.82, 2.24) is 5.32 Å². The largest absolute Gasteiger partial charge is 0.497 e. The van der Waals surface area contributed by atoms with E-state index in [1.54, 1.807) is 31.4 Å². The van der Waals surface area contributed by atoms with Crippen molar-refractivity contribution in [3.63, 3.8) is 0 Å². The Morgan fingerprint density at radius 3 is 2.44 bits per heavy atom. The lowest BCUT2D eigenvalue weighted by Gasteiger charge is -2.20. The van der Waals surface area contributed by atoms with Crippen LogP contribution in [-0.4, -0.2) is 25.6 Å². The number of carbonyl (C=O) groups is 2. The first kappa shape index (κ1) is 19.0. The Kier molecular flexibility index (Phi) is 6.12. The molecule has 0 fully saturated rings. The van der Waals surface area contributed by atoms with Crippen LogP contribution in [-0.2, 0) is 22.4 Å². The first-order chi connectivity index (χ1) is 13.1. The molecule has 1 atom stereocenters. The summed E-state index contributed by atoms with van der Waals surface area (Å²) in [7, 11) is 1.56. The number of hydrogen-bond donors (Lipinski definition) is 1. The summed E-state index contributed by atoms with van der Waals surface area (Å²) in [5.74, 6) is -0.195. The lowest BCUT2D eigenvalue weighted by molar-refractivity contribution is -0.124. The van der Waals surface area contributed by atoms with Gasteiger partial charge in [-0.05, 0) is 73.6 Å². The molecule has 0 radical (unpaired) electrons. The Morgan fingerprint density at radius 1 is 1.04 bits per heavy atom. The van der Waals surface area contributed by atoms with E-state index in [-0.39, 0.29) is 18.6 Å². The molecule has 0 unspecified atom stereocenters. The van der Waals surface area contributed by atoms with E-state index in [1.165, 1.54) is 24.0 Å². The molecule has 0 saturated carbocycles. The molecule has 142 valence electrons. The Morgan fingerprint density at radius 2 is 1.74 bits per heavy atom. The van der Waals surface area contributed by atoms with E-state index in [0.717, 1.165) is 18.4 Å². The fraction of sp³-hybridized carbons (Fsp3) is 0.364. The molecule has 0 bridgehead atoms. The predicted molar refractivity (Wildman–Crippen MR) is 103 cm³/mol. The quantitative estimate of drug-likeness (QED) is 0.792. The number of nitrogens with one attached hydrogen (secondary N) is 1. The third kappa shape index (κ3) is 4.88. The van der Waals surface area contributed by atoms with Crippen LogP contribution in [0.4, 0.5) is 0 Å². The van der Waals surface area contributed by atoms with Gasteiger partial charge in [0.1, 0.15) is 5.75 Å². The van der Waals surface area contributed by atoms with E-state index in [4.69, 9.17) is 9.47 Å². The summed E-state index contributed by atoms with van der Waals surface area (Å²) in [6.07, 6.45) is 4.71. The molecule has 0 heterocycles. The molecule has 3 rings (SSSR count). The number of carbonyl (C=O) groups excluding carboxylic acids is 2. The number of amides is 1.